The van der Waals surface area contributed by atoms with Crippen molar-refractivity contribution in [3.05, 3.63) is 64.7 Å². The number of benzene rings is 2. The van der Waals surface area contributed by atoms with Crippen LogP contribution in [0.4, 0.5) is 5.69 Å². The first-order chi connectivity index (χ1) is 13.1. The molecule has 0 bridgehead atoms. The third-order valence-corrected chi connectivity index (χ3v) is 5.16. The van der Waals surface area contributed by atoms with E-state index in [1.807, 2.05) is 48.5 Å². The fourth-order valence-electron chi connectivity index (χ4n) is 3.34. The molecule has 144 valence electrons. The lowest BCUT2D eigenvalue weighted by molar-refractivity contribution is -0.121. The second-order valence-corrected chi connectivity index (χ2v) is 7.16. The molecule has 0 radical (unpaired) electrons. The zero-order valence-electron chi connectivity index (χ0n) is 15.4. The predicted octanol–water partition coefficient (Wildman–Crippen LogP) is 3.04. The van der Waals surface area contributed by atoms with Gasteiger partial charge in [0.1, 0.15) is 0 Å². The van der Waals surface area contributed by atoms with E-state index < -0.39 is 0 Å². The number of nitrogens with two attached hydrogens (primary N) is 1. The van der Waals surface area contributed by atoms with Gasteiger partial charge in [-0.2, -0.15) is 0 Å². The first-order valence-corrected chi connectivity index (χ1v) is 9.68. The van der Waals surface area contributed by atoms with Crippen LogP contribution in [0.2, 0.25) is 5.02 Å². The van der Waals surface area contributed by atoms with Crippen LogP contribution < -0.4 is 11.1 Å². The summed E-state index contributed by atoms with van der Waals surface area (Å²) < 4.78 is 5.47. The summed E-state index contributed by atoms with van der Waals surface area (Å²) in [6.45, 7) is 3.69. The molecule has 2 aromatic carbocycles. The van der Waals surface area contributed by atoms with Crippen LogP contribution >= 0.6 is 11.6 Å². The van der Waals surface area contributed by atoms with E-state index in [9.17, 15) is 4.79 Å². The Morgan fingerprint density at radius 3 is 2.56 bits per heavy atom. The lowest BCUT2D eigenvalue weighted by Gasteiger charge is -2.35. The number of para-hydroxylation sites is 1. The third-order valence-electron chi connectivity index (χ3n) is 4.91. The molecule has 3 N–H and O–H groups in total. The Hall–Kier alpha value is -2.08. The molecule has 0 saturated carbocycles. The van der Waals surface area contributed by atoms with Crippen molar-refractivity contribution in [1.29, 1.82) is 0 Å². The number of amides is 1. The first kappa shape index (κ1) is 19.7. The molecule has 0 aliphatic carbocycles. The zero-order chi connectivity index (χ0) is 19.1. The maximum atomic E-state index is 12.4. The lowest BCUT2D eigenvalue weighted by atomic mass is 10.0. The quantitative estimate of drug-likeness (QED) is 0.716. The second kappa shape index (κ2) is 9.74. The molecule has 3 rings (SSSR count). The van der Waals surface area contributed by atoms with Crippen molar-refractivity contribution < 1.29 is 9.53 Å². The van der Waals surface area contributed by atoms with Gasteiger partial charge in [0.05, 0.1) is 19.3 Å². The molecule has 0 aromatic heterocycles. The monoisotopic (exact) mass is 387 g/mol. The Bertz CT molecular complexity index is 745. The standard InChI is InChI=1S/C21H26ClN3O2/c22-18-8-5-17(6-9-18)20(25-11-13-27-14-12-25)15-24-21(26)10-7-16-3-1-2-4-19(16)23/h1-6,8-9,20H,7,10-15,23H2,(H,24,26). The summed E-state index contributed by atoms with van der Waals surface area (Å²) >= 11 is 6.03. The van der Waals surface area contributed by atoms with E-state index in [1.165, 1.54) is 0 Å². The van der Waals surface area contributed by atoms with E-state index in [0.717, 1.165) is 29.9 Å². The molecule has 1 amide bonds. The number of carbonyl (C=O) groups is 1. The van der Waals surface area contributed by atoms with E-state index >= 15 is 0 Å². The Kier molecular flexibility index (Phi) is 7.10. The summed E-state index contributed by atoms with van der Waals surface area (Å²) in [7, 11) is 0. The molecule has 0 spiro atoms. The van der Waals surface area contributed by atoms with E-state index in [0.29, 0.717) is 37.6 Å². The first-order valence-electron chi connectivity index (χ1n) is 9.31. The van der Waals surface area contributed by atoms with Crippen LogP contribution in [0.25, 0.3) is 0 Å². The molecule has 1 atom stereocenters. The number of nitrogens with zero attached hydrogens (tertiary/aromatic N) is 1. The van der Waals surface area contributed by atoms with Crippen molar-refractivity contribution in [3.63, 3.8) is 0 Å². The van der Waals surface area contributed by atoms with Crippen molar-refractivity contribution in [1.82, 2.24) is 10.2 Å². The molecule has 1 unspecified atom stereocenters. The van der Waals surface area contributed by atoms with Gasteiger partial charge in [-0.3, -0.25) is 9.69 Å². The normalized spacial score (nSPS) is 16.0. The Balaban J connectivity index is 1.59. The number of morpholine rings is 1. The summed E-state index contributed by atoms with van der Waals surface area (Å²) in [5.74, 6) is 0.0328. The van der Waals surface area contributed by atoms with Crippen molar-refractivity contribution in [2.45, 2.75) is 18.9 Å². The summed E-state index contributed by atoms with van der Waals surface area (Å²) in [4.78, 5) is 14.7. The van der Waals surface area contributed by atoms with Crippen LogP contribution in [-0.4, -0.2) is 43.7 Å². The van der Waals surface area contributed by atoms with Gasteiger partial charge < -0.3 is 15.8 Å². The number of nitrogen functional groups attached to an aromatic ring is 1. The molecule has 1 aliphatic rings. The Morgan fingerprint density at radius 1 is 1.15 bits per heavy atom. The van der Waals surface area contributed by atoms with Crippen LogP contribution in [0, 0.1) is 0 Å². The van der Waals surface area contributed by atoms with Gasteiger partial charge in [0.2, 0.25) is 5.91 Å². The topological polar surface area (TPSA) is 67.6 Å². The number of hydrogen-bond donors (Lipinski definition) is 2. The molecular weight excluding hydrogens is 362 g/mol. The molecule has 1 fully saturated rings. The van der Waals surface area contributed by atoms with Crippen LogP contribution in [-0.2, 0) is 16.0 Å². The predicted molar refractivity (Wildman–Crippen MR) is 109 cm³/mol. The summed E-state index contributed by atoms with van der Waals surface area (Å²) in [5.41, 5.74) is 8.84. The highest BCUT2D eigenvalue weighted by Gasteiger charge is 2.23. The molecule has 1 heterocycles. The highest BCUT2D eigenvalue weighted by molar-refractivity contribution is 6.30. The summed E-state index contributed by atoms with van der Waals surface area (Å²) in [5, 5.41) is 3.80. The molecule has 6 heteroatoms. The highest BCUT2D eigenvalue weighted by Crippen LogP contribution is 2.23. The molecule has 5 nitrogen and oxygen atoms in total. The second-order valence-electron chi connectivity index (χ2n) is 6.72. The zero-order valence-corrected chi connectivity index (χ0v) is 16.1. The SMILES string of the molecule is Nc1ccccc1CCC(=O)NCC(c1ccc(Cl)cc1)N1CCOCC1. The van der Waals surface area contributed by atoms with E-state index in [1.54, 1.807) is 0 Å². The van der Waals surface area contributed by atoms with Gasteiger partial charge in [0.25, 0.3) is 0 Å². The van der Waals surface area contributed by atoms with Crippen molar-refractivity contribution in [2.75, 3.05) is 38.6 Å². The average molecular weight is 388 g/mol. The lowest BCUT2D eigenvalue weighted by Crippen LogP contribution is -2.43. The number of ether oxygens (including phenoxy) is 1. The molecule has 1 aliphatic heterocycles. The fourth-order valence-corrected chi connectivity index (χ4v) is 3.47. The third kappa shape index (κ3) is 5.70. The number of halogens is 1. The van der Waals surface area contributed by atoms with Crippen molar-refractivity contribution >= 4 is 23.2 Å². The van der Waals surface area contributed by atoms with Gasteiger partial charge in [-0.1, -0.05) is 41.9 Å². The van der Waals surface area contributed by atoms with E-state index in [2.05, 4.69) is 10.2 Å². The number of nitrogens with one attached hydrogen (secondary N) is 1. The number of anilines is 1. The van der Waals surface area contributed by atoms with Crippen LogP contribution in [0.3, 0.4) is 0 Å². The van der Waals surface area contributed by atoms with Gasteiger partial charge in [0.15, 0.2) is 0 Å². The number of hydrogen-bond acceptors (Lipinski definition) is 4. The minimum atomic E-state index is 0.0328. The molecule has 1 saturated heterocycles. The smallest absolute Gasteiger partial charge is 0.220 e. The van der Waals surface area contributed by atoms with Crippen LogP contribution in [0.15, 0.2) is 48.5 Å². The van der Waals surface area contributed by atoms with Crippen LogP contribution in [0.5, 0.6) is 0 Å². The Morgan fingerprint density at radius 2 is 1.85 bits per heavy atom. The van der Waals surface area contributed by atoms with Gasteiger partial charge >= 0.3 is 0 Å². The number of aryl methyl sites for hydroxylation is 1. The maximum Gasteiger partial charge on any atom is 0.220 e. The van der Waals surface area contributed by atoms with Crippen molar-refractivity contribution in [3.8, 4) is 0 Å². The Labute approximate surface area is 165 Å². The fraction of sp³-hybridized carbons (Fsp3) is 0.381. The molecule has 2 aromatic rings. The van der Waals surface area contributed by atoms with Gasteiger partial charge in [-0.15, -0.1) is 0 Å². The highest BCUT2D eigenvalue weighted by atomic mass is 35.5. The van der Waals surface area contributed by atoms with Crippen LogP contribution in [0.1, 0.15) is 23.6 Å². The van der Waals surface area contributed by atoms with Gasteiger partial charge in [0, 0.05) is 36.8 Å². The van der Waals surface area contributed by atoms with Crippen molar-refractivity contribution in [2.24, 2.45) is 0 Å². The minimum Gasteiger partial charge on any atom is -0.399 e. The van der Waals surface area contributed by atoms with Gasteiger partial charge in [-0.25, -0.2) is 0 Å². The largest absolute Gasteiger partial charge is 0.399 e. The summed E-state index contributed by atoms with van der Waals surface area (Å²) in [6.07, 6.45) is 1.06. The summed E-state index contributed by atoms with van der Waals surface area (Å²) in [6, 6.07) is 15.6. The molecule has 27 heavy (non-hydrogen) atoms. The van der Waals surface area contributed by atoms with Gasteiger partial charge in [-0.05, 0) is 35.7 Å². The minimum absolute atomic E-state index is 0.0328. The molecular formula is C21H26ClN3O2. The number of carbonyl (C=O) groups excluding carboxylic acids is 1. The number of rotatable bonds is 7. The van der Waals surface area contributed by atoms with E-state index in [-0.39, 0.29) is 11.9 Å². The maximum absolute atomic E-state index is 12.4. The van der Waals surface area contributed by atoms with E-state index in [4.69, 9.17) is 22.1 Å². The average Bonchev–Trinajstić information content (AvgIpc) is 2.69.